The van der Waals surface area contributed by atoms with Crippen LogP contribution in [-0.2, 0) is 11.3 Å². The lowest BCUT2D eigenvalue weighted by molar-refractivity contribution is 0.0884. The zero-order valence-corrected chi connectivity index (χ0v) is 17.4. The maximum atomic E-state index is 12.7. The second kappa shape index (κ2) is 8.95. The van der Waals surface area contributed by atoms with Crippen molar-refractivity contribution in [1.29, 1.82) is 0 Å². The third-order valence-corrected chi connectivity index (χ3v) is 5.81. The van der Waals surface area contributed by atoms with E-state index >= 15 is 0 Å². The predicted octanol–water partition coefficient (Wildman–Crippen LogP) is 2.98. The minimum absolute atomic E-state index is 0.0560. The molecule has 156 valence electrons. The van der Waals surface area contributed by atoms with E-state index in [9.17, 15) is 4.79 Å². The lowest BCUT2D eigenvalue weighted by atomic mass is 9.90. The van der Waals surface area contributed by atoms with Crippen LogP contribution in [0.1, 0.15) is 61.6 Å². The van der Waals surface area contributed by atoms with Crippen molar-refractivity contribution in [2.45, 2.75) is 64.1 Å². The maximum absolute atomic E-state index is 12.7. The molecular formula is C22H31N5O2. The van der Waals surface area contributed by atoms with Crippen LogP contribution < -0.4 is 10.2 Å². The van der Waals surface area contributed by atoms with E-state index in [2.05, 4.69) is 50.7 Å². The van der Waals surface area contributed by atoms with Crippen LogP contribution in [0.25, 0.3) is 0 Å². The van der Waals surface area contributed by atoms with Gasteiger partial charge in [0.05, 0.1) is 12.6 Å². The normalized spacial score (nSPS) is 20.4. The number of carbonyl (C=O) groups is 1. The summed E-state index contributed by atoms with van der Waals surface area (Å²) in [6.07, 6.45) is 4.35. The molecule has 1 N–H and O–H groups in total. The Kier molecular flexibility index (Phi) is 6.13. The molecule has 1 aromatic carbocycles. The molecule has 3 heterocycles. The monoisotopic (exact) mass is 397 g/mol. The van der Waals surface area contributed by atoms with Crippen molar-refractivity contribution in [2.24, 2.45) is 0 Å². The second-order valence-corrected chi connectivity index (χ2v) is 8.37. The average Bonchev–Trinajstić information content (AvgIpc) is 3.39. The smallest absolute Gasteiger partial charge is 0.289 e. The highest BCUT2D eigenvalue weighted by Crippen LogP contribution is 2.30. The van der Waals surface area contributed by atoms with Gasteiger partial charge < -0.3 is 15.0 Å². The first-order chi connectivity index (χ1) is 14.1. The summed E-state index contributed by atoms with van der Waals surface area (Å²) < 4.78 is 7.80. The van der Waals surface area contributed by atoms with Crippen LogP contribution in [0.4, 0.5) is 5.95 Å². The number of hydrogen-bond acceptors (Lipinski definition) is 5. The number of aromatic nitrogens is 3. The Morgan fingerprint density at radius 3 is 2.59 bits per heavy atom. The summed E-state index contributed by atoms with van der Waals surface area (Å²) in [5.74, 6) is 1.58. The standard InChI is InChI=1S/C22H31N5O2/c1-16(2)23-21(28)20-24-25-22(27(20)15-19-9-6-14-29-19)26-12-10-18(11-13-26)17-7-4-3-5-8-17/h3-5,7-8,16,18-19H,6,9-15H2,1-2H3,(H,23,28)/t19-/m1/s1. The highest BCUT2D eigenvalue weighted by atomic mass is 16.5. The van der Waals surface area contributed by atoms with Gasteiger partial charge in [0.1, 0.15) is 0 Å². The number of piperidine rings is 1. The van der Waals surface area contributed by atoms with Crippen LogP contribution in [0.5, 0.6) is 0 Å². The van der Waals surface area contributed by atoms with Crippen molar-refractivity contribution >= 4 is 11.9 Å². The number of carbonyl (C=O) groups excluding carboxylic acids is 1. The highest BCUT2D eigenvalue weighted by molar-refractivity contribution is 5.91. The molecule has 0 aliphatic carbocycles. The van der Waals surface area contributed by atoms with Crippen molar-refractivity contribution in [3.8, 4) is 0 Å². The van der Waals surface area contributed by atoms with Crippen LogP contribution in [0.3, 0.4) is 0 Å². The van der Waals surface area contributed by atoms with E-state index in [0.29, 0.717) is 18.3 Å². The summed E-state index contributed by atoms with van der Waals surface area (Å²) in [7, 11) is 0. The van der Waals surface area contributed by atoms with Crippen LogP contribution in [0, 0.1) is 0 Å². The van der Waals surface area contributed by atoms with Gasteiger partial charge >= 0.3 is 0 Å². The van der Waals surface area contributed by atoms with E-state index in [4.69, 9.17) is 4.74 Å². The van der Waals surface area contributed by atoms with Crippen molar-refractivity contribution in [3.05, 3.63) is 41.7 Å². The van der Waals surface area contributed by atoms with Gasteiger partial charge in [-0.05, 0) is 51.0 Å². The maximum Gasteiger partial charge on any atom is 0.289 e. The first kappa shape index (κ1) is 19.9. The first-order valence-electron chi connectivity index (χ1n) is 10.8. The van der Waals surface area contributed by atoms with Gasteiger partial charge in [0, 0.05) is 25.7 Å². The number of benzene rings is 1. The quantitative estimate of drug-likeness (QED) is 0.811. The lowest BCUT2D eigenvalue weighted by Crippen LogP contribution is -2.37. The summed E-state index contributed by atoms with van der Waals surface area (Å²) in [5.41, 5.74) is 1.41. The number of nitrogens with zero attached hydrogens (tertiary/aromatic N) is 4. The van der Waals surface area contributed by atoms with Crippen LogP contribution in [0.15, 0.2) is 30.3 Å². The Labute approximate surface area is 172 Å². The molecule has 7 nitrogen and oxygen atoms in total. The number of rotatable bonds is 6. The molecule has 1 atom stereocenters. The molecular weight excluding hydrogens is 366 g/mol. The van der Waals surface area contributed by atoms with E-state index in [1.807, 2.05) is 18.4 Å². The van der Waals surface area contributed by atoms with Crippen LogP contribution >= 0.6 is 0 Å². The summed E-state index contributed by atoms with van der Waals surface area (Å²) >= 11 is 0. The number of anilines is 1. The third-order valence-electron chi connectivity index (χ3n) is 5.81. The van der Waals surface area contributed by atoms with E-state index in [0.717, 1.165) is 51.3 Å². The minimum atomic E-state index is -0.170. The number of ether oxygens (including phenoxy) is 1. The van der Waals surface area contributed by atoms with Crippen molar-refractivity contribution < 1.29 is 9.53 Å². The fourth-order valence-corrected chi connectivity index (χ4v) is 4.32. The molecule has 2 aliphatic heterocycles. The Bertz CT molecular complexity index is 806. The highest BCUT2D eigenvalue weighted by Gasteiger charge is 2.29. The fourth-order valence-electron chi connectivity index (χ4n) is 4.32. The molecule has 2 aliphatic rings. The van der Waals surface area contributed by atoms with E-state index in [1.54, 1.807) is 0 Å². The third kappa shape index (κ3) is 4.61. The zero-order chi connectivity index (χ0) is 20.2. The molecule has 0 radical (unpaired) electrons. The summed E-state index contributed by atoms with van der Waals surface area (Å²) in [6, 6.07) is 10.8. The fraction of sp³-hybridized carbons (Fsp3) is 0.591. The molecule has 1 amide bonds. The molecule has 7 heteroatoms. The van der Waals surface area contributed by atoms with Gasteiger partial charge in [-0.3, -0.25) is 9.36 Å². The number of hydrogen-bond donors (Lipinski definition) is 1. The second-order valence-electron chi connectivity index (χ2n) is 8.37. The predicted molar refractivity (Wildman–Crippen MR) is 112 cm³/mol. The molecule has 0 spiro atoms. The number of amides is 1. The Morgan fingerprint density at radius 1 is 1.17 bits per heavy atom. The van der Waals surface area contributed by atoms with Gasteiger partial charge in [0.2, 0.25) is 11.8 Å². The van der Waals surface area contributed by atoms with E-state index in [1.165, 1.54) is 5.56 Å². The lowest BCUT2D eigenvalue weighted by Gasteiger charge is -2.33. The van der Waals surface area contributed by atoms with Gasteiger partial charge in [0.15, 0.2) is 0 Å². The van der Waals surface area contributed by atoms with E-state index in [-0.39, 0.29) is 18.1 Å². The molecule has 2 saturated heterocycles. The molecule has 2 fully saturated rings. The van der Waals surface area contributed by atoms with Crippen molar-refractivity contribution in [3.63, 3.8) is 0 Å². The summed E-state index contributed by atoms with van der Waals surface area (Å²) in [4.78, 5) is 15.0. The minimum Gasteiger partial charge on any atom is -0.376 e. The summed E-state index contributed by atoms with van der Waals surface area (Å²) in [5, 5.41) is 11.6. The number of nitrogens with one attached hydrogen (secondary N) is 1. The van der Waals surface area contributed by atoms with Gasteiger partial charge in [-0.2, -0.15) is 0 Å². The van der Waals surface area contributed by atoms with E-state index < -0.39 is 0 Å². The molecule has 29 heavy (non-hydrogen) atoms. The molecule has 0 saturated carbocycles. The average molecular weight is 398 g/mol. The first-order valence-corrected chi connectivity index (χ1v) is 10.8. The largest absolute Gasteiger partial charge is 0.376 e. The van der Waals surface area contributed by atoms with Crippen molar-refractivity contribution in [1.82, 2.24) is 20.1 Å². The Hall–Kier alpha value is -2.41. The van der Waals surface area contributed by atoms with Gasteiger partial charge in [-0.1, -0.05) is 30.3 Å². The molecule has 2 aromatic rings. The summed E-state index contributed by atoms with van der Waals surface area (Å²) in [6.45, 7) is 7.14. The molecule has 1 aromatic heterocycles. The van der Waals surface area contributed by atoms with Gasteiger partial charge in [0.25, 0.3) is 5.91 Å². The van der Waals surface area contributed by atoms with Crippen LogP contribution in [-0.4, -0.2) is 52.5 Å². The SMILES string of the molecule is CC(C)NC(=O)c1nnc(N2CCC(c3ccccc3)CC2)n1C[C@H]1CCCO1. The van der Waals surface area contributed by atoms with Gasteiger partial charge in [-0.25, -0.2) is 0 Å². The van der Waals surface area contributed by atoms with Crippen LogP contribution in [0.2, 0.25) is 0 Å². The van der Waals surface area contributed by atoms with Gasteiger partial charge in [-0.15, -0.1) is 10.2 Å². The Balaban J connectivity index is 1.51. The topological polar surface area (TPSA) is 72.3 Å². The zero-order valence-electron chi connectivity index (χ0n) is 17.4. The Morgan fingerprint density at radius 2 is 1.93 bits per heavy atom. The molecule has 0 bridgehead atoms. The van der Waals surface area contributed by atoms with Crippen molar-refractivity contribution in [2.75, 3.05) is 24.6 Å². The molecule has 4 rings (SSSR count). The molecule has 0 unspecified atom stereocenters.